The predicted molar refractivity (Wildman–Crippen MR) is 80.5 cm³/mol. The van der Waals surface area contributed by atoms with Gasteiger partial charge >= 0.3 is 5.97 Å². The molecule has 0 aromatic carbocycles. The Morgan fingerprint density at radius 2 is 1.70 bits per heavy atom. The standard InChI is InChI=1S/C16H28N2O2/c1-18-14-13-17-15(18)11-9-7-5-3-4-6-8-10-12-16(19)20-2/h13-14H,3-12H2,1-2H3. The lowest BCUT2D eigenvalue weighted by atomic mass is 10.1. The predicted octanol–water partition coefficient (Wildman–Crippen LogP) is 3.65. The summed E-state index contributed by atoms with van der Waals surface area (Å²) in [5.41, 5.74) is 0. The Morgan fingerprint density at radius 3 is 2.25 bits per heavy atom. The van der Waals surface area contributed by atoms with Gasteiger partial charge in [0, 0.05) is 32.3 Å². The molecule has 1 aromatic rings. The van der Waals surface area contributed by atoms with E-state index in [1.807, 2.05) is 12.4 Å². The molecule has 4 heteroatoms. The topological polar surface area (TPSA) is 44.1 Å². The Hall–Kier alpha value is -1.32. The average Bonchev–Trinajstić information content (AvgIpc) is 2.86. The molecule has 0 aliphatic carbocycles. The zero-order valence-electron chi connectivity index (χ0n) is 12.9. The molecular weight excluding hydrogens is 252 g/mol. The highest BCUT2D eigenvalue weighted by molar-refractivity contribution is 5.68. The molecule has 0 aliphatic heterocycles. The number of methoxy groups -OCH3 is 1. The van der Waals surface area contributed by atoms with E-state index in [4.69, 9.17) is 0 Å². The number of unbranched alkanes of at least 4 members (excludes halogenated alkanes) is 7. The molecule has 0 atom stereocenters. The van der Waals surface area contributed by atoms with Crippen LogP contribution in [0, 0.1) is 0 Å². The molecule has 1 rings (SSSR count). The van der Waals surface area contributed by atoms with Gasteiger partial charge in [0.25, 0.3) is 0 Å². The smallest absolute Gasteiger partial charge is 0.305 e. The van der Waals surface area contributed by atoms with Crippen LogP contribution >= 0.6 is 0 Å². The molecule has 0 radical (unpaired) electrons. The van der Waals surface area contributed by atoms with E-state index in [9.17, 15) is 4.79 Å². The van der Waals surface area contributed by atoms with Crippen molar-refractivity contribution in [1.29, 1.82) is 0 Å². The number of aryl methyl sites for hydroxylation is 2. The highest BCUT2D eigenvalue weighted by Gasteiger charge is 2.00. The lowest BCUT2D eigenvalue weighted by Gasteiger charge is -2.03. The molecule has 1 heterocycles. The fourth-order valence-corrected chi connectivity index (χ4v) is 2.35. The van der Waals surface area contributed by atoms with Gasteiger partial charge in [0.15, 0.2) is 0 Å². The van der Waals surface area contributed by atoms with Crippen molar-refractivity contribution in [2.45, 2.75) is 64.2 Å². The van der Waals surface area contributed by atoms with E-state index in [2.05, 4.69) is 21.3 Å². The second-order valence-corrected chi connectivity index (χ2v) is 5.36. The van der Waals surface area contributed by atoms with Gasteiger partial charge in [0.2, 0.25) is 0 Å². The van der Waals surface area contributed by atoms with Crippen molar-refractivity contribution in [3.63, 3.8) is 0 Å². The fraction of sp³-hybridized carbons (Fsp3) is 0.750. The van der Waals surface area contributed by atoms with E-state index in [0.29, 0.717) is 6.42 Å². The number of hydrogen-bond acceptors (Lipinski definition) is 3. The quantitative estimate of drug-likeness (QED) is 0.459. The number of imidazole rings is 1. The van der Waals surface area contributed by atoms with Crippen molar-refractivity contribution in [2.24, 2.45) is 7.05 Å². The molecule has 4 nitrogen and oxygen atoms in total. The fourth-order valence-electron chi connectivity index (χ4n) is 2.35. The van der Waals surface area contributed by atoms with Gasteiger partial charge in [-0.25, -0.2) is 4.98 Å². The van der Waals surface area contributed by atoms with E-state index in [1.54, 1.807) is 0 Å². The van der Waals surface area contributed by atoms with Crippen LogP contribution in [0.1, 0.15) is 63.6 Å². The largest absolute Gasteiger partial charge is 0.469 e. The molecule has 0 aliphatic rings. The van der Waals surface area contributed by atoms with E-state index >= 15 is 0 Å². The molecule has 20 heavy (non-hydrogen) atoms. The van der Waals surface area contributed by atoms with Crippen LogP contribution in [0.5, 0.6) is 0 Å². The second-order valence-electron chi connectivity index (χ2n) is 5.36. The number of carbonyl (C=O) groups is 1. The Labute approximate surface area is 122 Å². The Kier molecular flexibility index (Phi) is 8.76. The van der Waals surface area contributed by atoms with Gasteiger partial charge in [-0.2, -0.15) is 0 Å². The first-order valence-electron chi connectivity index (χ1n) is 7.77. The molecule has 0 saturated heterocycles. The van der Waals surface area contributed by atoms with Gasteiger partial charge < -0.3 is 9.30 Å². The molecule has 0 bridgehead atoms. The first-order chi connectivity index (χ1) is 9.74. The van der Waals surface area contributed by atoms with Crippen molar-refractivity contribution in [3.05, 3.63) is 18.2 Å². The summed E-state index contributed by atoms with van der Waals surface area (Å²) in [6.07, 6.45) is 15.3. The normalized spacial score (nSPS) is 10.7. The van der Waals surface area contributed by atoms with Crippen molar-refractivity contribution < 1.29 is 9.53 Å². The minimum absolute atomic E-state index is 0.0840. The Balaban J connectivity index is 1.83. The van der Waals surface area contributed by atoms with Crippen LogP contribution in [0.25, 0.3) is 0 Å². The molecule has 0 spiro atoms. The summed E-state index contributed by atoms with van der Waals surface area (Å²) in [6.45, 7) is 0. The number of nitrogens with zero attached hydrogens (tertiary/aromatic N) is 2. The van der Waals surface area contributed by atoms with Gasteiger partial charge in [-0.3, -0.25) is 4.79 Å². The van der Waals surface area contributed by atoms with E-state index in [1.165, 1.54) is 51.5 Å². The summed E-state index contributed by atoms with van der Waals surface area (Å²) in [7, 11) is 3.50. The zero-order valence-corrected chi connectivity index (χ0v) is 12.9. The van der Waals surface area contributed by atoms with Crippen LogP contribution in [0.2, 0.25) is 0 Å². The van der Waals surface area contributed by atoms with Crippen LogP contribution in [-0.4, -0.2) is 22.6 Å². The van der Waals surface area contributed by atoms with Crippen LogP contribution < -0.4 is 0 Å². The summed E-state index contributed by atoms with van der Waals surface area (Å²) >= 11 is 0. The summed E-state index contributed by atoms with van der Waals surface area (Å²) in [5.74, 6) is 1.10. The Morgan fingerprint density at radius 1 is 1.10 bits per heavy atom. The monoisotopic (exact) mass is 280 g/mol. The highest BCUT2D eigenvalue weighted by Crippen LogP contribution is 2.11. The maximum Gasteiger partial charge on any atom is 0.305 e. The molecule has 114 valence electrons. The van der Waals surface area contributed by atoms with E-state index < -0.39 is 0 Å². The molecule has 0 N–H and O–H groups in total. The zero-order chi connectivity index (χ0) is 14.6. The van der Waals surface area contributed by atoms with Crippen molar-refractivity contribution in [2.75, 3.05) is 7.11 Å². The second kappa shape index (κ2) is 10.5. The van der Waals surface area contributed by atoms with Crippen LogP contribution in [-0.2, 0) is 23.0 Å². The lowest BCUT2D eigenvalue weighted by Crippen LogP contribution is -1.99. The molecule has 1 aromatic heterocycles. The van der Waals surface area contributed by atoms with Crippen LogP contribution in [0.4, 0.5) is 0 Å². The van der Waals surface area contributed by atoms with Gasteiger partial charge in [-0.05, 0) is 12.8 Å². The molecule has 0 fully saturated rings. The minimum Gasteiger partial charge on any atom is -0.469 e. The third-order valence-corrected chi connectivity index (χ3v) is 3.68. The third kappa shape index (κ3) is 7.31. The molecule has 0 unspecified atom stereocenters. The molecule has 0 saturated carbocycles. The van der Waals surface area contributed by atoms with Crippen LogP contribution in [0.3, 0.4) is 0 Å². The number of hydrogen-bond donors (Lipinski definition) is 0. The van der Waals surface area contributed by atoms with Crippen molar-refractivity contribution in [3.8, 4) is 0 Å². The van der Waals surface area contributed by atoms with E-state index in [0.717, 1.165) is 19.3 Å². The summed E-state index contributed by atoms with van der Waals surface area (Å²) in [4.78, 5) is 15.2. The Bertz CT molecular complexity index is 374. The average molecular weight is 280 g/mol. The number of aromatic nitrogens is 2. The number of esters is 1. The van der Waals surface area contributed by atoms with Gasteiger partial charge in [0.05, 0.1) is 7.11 Å². The highest BCUT2D eigenvalue weighted by atomic mass is 16.5. The number of rotatable bonds is 11. The molecular formula is C16H28N2O2. The van der Waals surface area contributed by atoms with Gasteiger partial charge in [-0.1, -0.05) is 38.5 Å². The van der Waals surface area contributed by atoms with E-state index in [-0.39, 0.29) is 5.97 Å². The van der Waals surface area contributed by atoms with Crippen molar-refractivity contribution in [1.82, 2.24) is 9.55 Å². The number of ether oxygens (including phenoxy) is 1. The van der Waals surface area contributed by atoms with Gasteiger partial charge in [-0.15, -0.1) is 0 Å². The minimum atomic E-state index is -0.0840. The van der Waals surface area contributed by atoms with Crippen LogP contribution in [0.15, 0.2) is 12.4 Å². The first kappa shape index (κ1) is 16.7. The molecule has 0 amide bonds. The van der Waals surface area contributed by atoms with Crippen molar-refractivity contribution >= 4 is 5.97 Å². The summed E-state index contributed by atoms with van der Waals surface area (Å²) in [6, 6.07) is 0. The SMILES string of the molecule is COC(=O)CCCCCCCCCCc1nccn1C. The summed E-state index contributed by atoms with van der Waals surface area (Å²) < 4.78 is 6.71. The first-order valence-corrected chi connectivity index (χ1v) is 7.77. The number of carbonyl (C=O) groups excluding carboxylic acids is 1. The lowest BCUT2D eigenvalue weighted by molar-refractivity contribution is -0.140. The maximum absolute atomic E-state index is 10.9. The maximum atomic E-state index is 10.9. The summed E-state index contributed by atoms with van der Waals surface area (Å²) in [5, 5.41) is 0. The van der Waals surface area contributed by atoms with Gasteiger partial charge in [0.1, 0.15) is 5.82 Å². The third-order valence-electron chi connectivity index (χ3n) is 3.68.